The molecule has 0 amide bonds. The largest absolute Gasteiger partial charge is 0.479 e. The minimum Gasteiger partial charge on any atom is -0.479 e. The SMILES string of the molecule is Nc1cc2c(cc1F)OCSN2Cc1ccccc1. The Morgan fingerprint density at radius 3 is 2.84 bits per heavy atom. The van der Waals surface area contributed by atoms with Crippen molar-refractivity contribution in [2.45, 2.75) is 6.54 Å². The number of fused-ring (bicyclic) bond motifs is 1. The van der Waals surface area contributed by atoms with Crippen molar-refractivity contribution in [3.8, 4) is 5.75 Å². The van der Waals surface area contributed by atoms with Crippen molar-refractivity contribution < 1.29 is 9.13 Å². The van der Waals surface area contributed by atoms with Gasteiger partial charge in [0.25, 0.3) is 0 Å². The standard InChI is InChI=1S/C14H13FN2OS/c15-11-6-14-13(7-12(11)16)17(19-9-18-14)8-10-4-2-1-3-5-10/h1-7H,8-9,16H2. The molecular weight excluding hydrogens is 263 g/mol. The van der Waals surface area contributed by atoms with Gasteiger partial charge >= 0.3 is 0 Å². The fraction of sp³-hybridized carbons (Fsp3) is 0.143. The summed E-state index contributed by atoms with van der Waals surface area (Å²) in [5.74, 6) is 0.579. The minimum atomic E-state index is -0.440. The number of ether oxygens (including phenoxy) is 1. The Balaban J connectivity index is 1.92. The Morgan fingerprint density at radius 1 is 1.26 bits per heavy atom. The van der Waals surface area contributed by atoms with Crippen LogP contribution in [0.2, 0.25) is 0 Å². The molecule has 3 nitrogen and oxygen atoms in total. The molecule has 2 aromatic carbocycles. The minimum absolute atomic E-state index is 0.142. The Bertz CT molecular complexity index is 591. The van der Waals surface area contributed by atoms with Crippen LogP contribution < -0.4 is 14.8 Å². The fourth-order valence-corrected chi connectivity index (χ4v) is 2.80. The summed E-state index contributed by atoms with van der Waals surface area (Å²) in [6, 6.07) is 13.1. The van der Waals surface area contributed by atoms with Crippen molar-refractivity contribution in [1.29, 1.82) is 0 Å². The summed E-state index contributed by atoms with van der Waals surface area (Å²) >= 11 is 1.55. The van der Waals surface area contributed by atoms with Crippen LogP contribution in [0.1, 0.15) is 5.56 Å². The highest BCUT2D eigenvalue weighted by Gasteiger charge is 2.21. The van der Waals surface area contributed by atoms with Crippen molar-refractivity contribution in [3.63, 3.8) is 0 Å². The zero-order valence-corrected chi connectivity index (χ0v) is 11.0. The molecule has 1 aliphatic heterocycles. The second-order valence-corrected chi connectivity index (χ2v) is 5.19. The van der Waals surface area contributed by atoms with E-state index < -0.39 is 5.82 Å². The second kappa shape index (κ2) is 5.01. The average molecular weight is 276 g/mol. The highest BCUT2D eigenvalue weighted by molar-refractivity contribution is 8.00. The Kier molecular flexibility index (Phi) is 3.21. The van der Waals surface area contributed by atoms with Gasteiger partial charge in [0.15, 0.2) is 5.94 Å². The maximum absolute atomic E-state index is 13.4. The molecule has 0 unspecified atom stereocenters. The monoisotopic (exact) mass is 276 g/mol. The van der Waals surface area contributed by atoms with Crippen LogP contribution in [0.4, 0.5) is 15.8 Å². The van der Waals surface area contributed by atoms with E-state index in [1.807, 2.05) is 18.2 Å². The predicted octanol–water partition coefficient (Wildman–Crippen LogP) is 3.41. The molecule has 1 heterocycles. The normalized spacial score (nSPS) is 13.8. The lowest BCUT2D eigenvalue weighted by Gasteiger charge is -2.30. The third-order valence-electron chi connectivity index (χ3n) is 2.94. The molecule has 0 radical (unpaired) electrons. The second-order valence-electron chi connectivity index (χ2n) is 4.25. The van der Waals surface area contributed by atoms with Crippen LogP contribution in [-0.4, -0.2) is 5.94 Å². The molecule has 1 aliphatic rings. The van der Waals surface area contributed by atoms with Crippen molar-refractivity contribution >= 4 is 23.3 Å². The van der Waals surface area contributed by atoms with E-state index >= 15 is 0 Å². The number of nitrogens with zero attached hydrogens (tertiary/aromatic N) is 1. The van der Waals surface area contributed by atoms with Gasteiger partial charge in [0.05, 0.1) is 17.9 Å². The van der Waals surface area contributed by atoms with Crippen LogP contribution in [-0.2, 0) is 6.54 Å². The lowest BCUT2D eigenvalue weighted by molar-refractivity contribution is 0.385. The molecule has 19 heavy (non-hydrogen) atoms. The van der Waals surface area contributed by atoms with Crippen LogP contribution >= 0.6 is 11.9 Å². The first-order valence-electron chi connectivity index (χ1n) is 5.90. The fourth-order valence-electron chi connectivity index (χ4n) is 1.97. The van der Waals surface area contributed by atoms with Crippen LogP contribution in [0.5, 0.6) is 5.75 Å². The average Bonchev–Trinajstić information content (AvgIpc) is 2.42. The van der Waals surface area contributed by atoms with E-state index in [0.717, 1.165) is 12.2 Å². The molecule has 0 aromatic heterocycles. The first kappa shape index (κ1) is 12.2. The number of rotatable bonds is 2. The summed E-state index contributed by atoms with van der Waals surface area (Å²) in [7, 11) is 0. The van der Waals surface area contributed by atoms with E-state index in [4.69, 9.17) is 10.5 Å². The quantitative estimate of drug-likeness (QED) is 0.674. The van der Waals surface area contributed by atoms with Gasteiger partial charge in [-0.25, -0.2) is 4.39 Å². The molecule has 0 aliphatic carbocycles. The zero-order valence-electron chi connectivity index (χ0n) is 10.2. The summed E-state index contributed by atoms with van der Waals surface area (Å²) in [6.07, 6.45) is 0. The summed E-state index contributed by atoms with van der Waals surface area (Å²) in [6.45, 7) is 0.729. The molecule has 0 atom stereocenters. The summed E-state index contributed by atoms with van der Waals surface area (Å²) in [4.78, 5) is 0. The molecule has 0 bridgehead atoms. The molecule has 3 rings (SSSR count). The number of hydrogen-bond acceptors (Lipinski definition) is 4. The van der Waals surface area contributed by atoms with E-state index in [1.165, 1.54) is 11.6 Å². The molecule has 2 aromatic rings. The van der Waals surface area contributed by atoms with E-state index in [1.54, 1.807) is 18.0 Å². The van der Waals surface area contributed by atoms with Crippen molar-refractivity contribution in [1.82, 2.24) is 0 Å². The summed E-state index contributed by atoms with van der Waals surface area (Å²) in [5.41, 5.74) is 7.78. The summed E-state index contributed by atoms with van der Waals surface area (Å²) in [5, 5.41) is 0. The predicted molar refractivity (Wildman–Crippen MR) is 76.5 cm³/mol. The van der Waals surface area contributed by atoms with Gasteiger partial charge in [-0.15, -0.1) is 0 Å². The maximum Gasteiger partial charge on any atom is 0.153 e. The number of halogens is 1. The molecule has 2 N–H and O–H groups in total. The Labute approximate surface area is 115 Å². The topological polar surface area (TPSA) is 38.5 Å². The zero-order chi connectivity index (χ0) is 13.2. The highest BCUT2D eigenvalue weighted by Crippen LogP contribution is 2.40. The van der Waals surface area contributed by atoms with Gasteiger partial charge in [0.1, 0.15) is 11.6 Å². The molecule has 0 spiro atoms. The van der Waals surface area contributed by atoms with E-state index in [2.05, 4.69) is 16.4 Å². The van der Waals surface area contributed by atoms with Gasteiger partial charge in [-0.2, -0.15) is 0 Å². The highest BCUT2D eigenvalue weighted by atomic mass is 32.2. The van der Waals surface area contributed by atoms with Gasteiger partial charge in [0.2, 0.25) is 0 Å². The molecule has 0 saturated carbocycles. The Morgan fingerprint density at radius 2 is 2.05 bits per heavy atom. The molecular formula is C14H13FN2OS. The van der Waals surface area contributed by atoms with Crippen molar-refractivity contribution in [2.75, 3.05) is 16.0 Å². The van der Waals surface area contributed by atoms with Gasteiger partial charge < -0.3 is 14.8 Å². The maximum atomic E-state index is 13.4. The van der Waals surface area contributed by atoms with Gasteiger partial charge in [-0.1, -0.05) is 30.3 Å². The first-order valence-corrected chi connectivity index (χ1v) is 6.84. The van der Waals surface area contributed by atoms with E-state index in [9.17, 15) is 4.39 Å². The molecule has 98 valence electrons. The van der Waals surface area contributed by atoms with Crippen LogP contribution in [0.15, 0.2) is 42.5 Å². The van der Waals surface area contributed by atoms with Crippen LogP contribution in [0.3, 0.4) is 0 Å². The molecule has 0 fully saturated rings. The first-order chi connectivity index (χ1) is 9.24. The van der Waals surface area contributed by atoms with Crippen molar-refractivity contribution in [3.05, 3.63) is 53.8 Å². The van der Waals surface area contributed by atoms with Gasteiger partial charge in [-0.05, 0) is 23.6 Å². The lowest BCUT2D eigenvalue weighted by Crippen LogP contribution is -2.21. The van der Waals surface area contributed by atoms with Gasteiger partial charge in [-0.3, -0.25) is 0 Å². The Hall–Kier alpha value is -1.88. The summed E-state index contributed by atoms with van der Waals surface area (Å²) < 4.78 is 21.0. The smallest absolute Gasteiger partial charge is 0.153 e. The number of benzene rings is 2. The van der Waals surface area contributed by atoms with Gasteiger partial charge in [0, 0.05) is 6.07 Å². The van der Waals surface area contributed by atoms with E-state index in [-0.39, 0.29) is 5.69 Å². The molecule has 0 saturated heterocycles. The lowest BCUT2D eigenvalue weighted by atomic mass is 10.2. The van der Waals surface area contributed by atoms with Crippen LogP contribution in [0.25, 0.3) is 0 Å². The number of nitrogens with two attached hydrogens (primary N) is 1. The number of nitrogen functional groups attached to an aromatic ring is 1. The third kappa shape index (κ3) is 2.46. The molecule has 5 heteroatoms. The van der Waals surface area contributed by atoms with Crippen LogP contribution in [0, 0.1) is 5.82 Å². The number of anilines is 2. The van der Waals surface area contributed by atoms with E-state index in [0.29, 0.717) is 11.7 Å². The third-order valence-corrected chi connectivity index (χ3v) is 3.80. The van der Waals surface area contributed by atoms with Crippen molar-refractivity contribution in [2.24, 2.45) is 0 Å². The number of hydrogen-bond donors (Lipinski definition) is 1.